The number of hydrogen-bond donors (Lipinski definition) is 1. The Kier molecular flexibility index (Phi) is 8.34. The smallest absolute Gasteiger partial charge is 0.159 e. The Morgan fingerprint density at radius 2 is 1.70 bits per heavy atom. The second-order valence-electron chi connectivity index (χ2n) is 16.3. The van der Waals surface area contributed by atoms with Crippen LogP contribution in [0, 0.1) is 63.6 Å². The van der Waals surface area contributed by atoms with E-state index >= 15 is 0 Å². The van der Waals surface area contributed by atoms with Gasteiger partial charge >= 0.3 is 0 Å². The SMILES string of the molecule is N#CC1=CC(C2C=C3C(CC2)OC2CCC=CC2C32C3=C(CCC=C3)C3C=CC(C4=NC(c5ccccc5)=NC(c5ccccc5)N4)CC32)CC(C#N)=C1. The molecule has 6 nitrogen and oxygen atoms in total. The number of nitrogens with zero attached hydrogens (tertiary/aromatic N) is 4. The van der Waals surface area contributed by atoms with Crippen molar-refractivity contribution in [2.45, 2.75) is 69.7 Å². The lowest BCUT2D eigenvalue weighted by Crippen LogP contribution is -2.56. The van der Waals surface area contributed by atoms with Crippen LogP contribution >= 0.6 is 0 Å². The molecule has 10 rings (SSSR count). The lowest BCUT2D eigenvalue weighted by molar-refractivity contribution is -0.108. The van der Waals surface area contributed by atoms with E-state index < -0.39 is 0 Å². The molecule has 10 atom stereocenters. The average molecular weight is 708 g/mol. The molecule has 10 unspecified atom stereocenters. The zero-order valence-corrected chi connectivity index (χ0v) is 30.5. The van der Waals surface area contributed by atoms with Gasteiger partial charge in [0.05, 0.1) is 24.3 Å². The van der Waals surface area contributed by atoms with Gasteiger partial charge in [-0.05, 0) is 91.9 Å². The van der Waals surface area contributed by atoms with Crippen molar-refractivity contribution in [3.05, 3.63) is 154 Å². The fourth-order valence-electron chi connectivity index (χ4n) is 11.4. The number of ether oxygens (including phenoxy) is 1. The van der Waals surface area contributed by atoms with Crippen LogP contribution in [-0.2, 0) is 4.74 Å². The van der Waals surface area contributed by atoms with Crippen molar-refractivity contribution in [3.8, 4) is 12.1 Å². The first-order valence-electron chi connectivity index (χ1n) is 20.0. The van der Waals surface area contributed by atoms with Gasteiger partial charge in [0, 0.05) is 39.9 Å². The normalized spacial score (nSPS) is 36.1. The number of allylic oxidation sites excluding steroid dienone is 11. The minimum absolute atomic E-state index is 0.0691. The Bertz CT molecular complexity index is 2220. The molecule has 2 aromatic carbocycles. The van der Waals surface area contributed by atoms with Gasteiger partial charge in [-0.25, -0.2) is 9.98 Å². The van der Waals surface area contributed by atoms with Crippen molar-refractivity contribution in [1.29, 1.82) is 10.5 Å². The van der Waals surface area contributed by atoms with Crippen molar-refractivity contribution >= 4 is 11.7 Å². The van der Waals surface area contributed by atoms with E-state index in [4.69, 9.17) is 14.7 Å². The van der Waals surface area contributed by atoms with Crippen LogP contribution in [0.1, 0.15) is 68.7 Å². The molecule has 6 aliphatic carbocycles. The molecule has 2 aliphatic heterocycles. The average Bonchev–Trinajstić information content (AvgIpc) is 3.53. The third-order valence-electron chi connectivity index (χ3n) is 13.6. The number of amidine groups is 2. The van der Waals surface area contributed by atoms with Crippen molar-refractivity contribution < 1.29 is 4.74 Å². The van der Waals surface area contributed by atoms with Gasteiger partial charge in [-0.1, -0.05) is 115 Å². The van der Waals surface area contributed by atoms with E-state index in [0.717, 1.165) is 67.7 Å². The number of hydrogen-bond acceptors (Lipinski definition) is 6. The van der Waals surface area contributed by atoms with Gasteiger partial charge in [0.25, 0.3) is 0 Å². The summed E-state index contributed by atoms with van der Waals surface area (Å²) in [6.07, 6.45) is 29.3. The zero-order valence-electron chi connectivity index (χ0n) is 30.5. The van der Waals surface area contributed by atoms with E-state index in [9.17, 15) is 10.5 Å². The van der Waals surface area contributed by atoms with Crippen molar-refractivity contribution in [2.24, 2.45) is 50.9 Å². The minimum Gasteiger partial charge on any atom is -0.370 e. The Morgan fingerprint density at radius 1 is 0.852 bits per heavy atom. The lowest BCUT2D eigenvalue weighted by atomic mass is 9.51. The van der Waals surface area contributed by atoms with Crippen molar-refractivity contribution in [3.63, 3.8) is 0 Å². The molecule has 8 aliphatic rings. The maximum atomic E-state index is 9.92. The molecular formula is C48H45N5O. The quantitative estimate of drug-likeness (QED) is 0.321. The molecule has 268 valence electrons. The largest absolute Gasteiger partial charge is 0.370 e. The van der Waals surface area contributed by atoms with E-state index in [1.807, 2.05) is 6.07 Å². The summed E-state index contributed by atoms with van der Waals surface area (Å²) < 4.78 is 7.16. The van der Waals surface area contributed by atoms with Gasteiger partial charge in [0.2, 0.25) is 0 Å². The predicted octanol–water partition coefficient (Wildman–Crippen LogP) is 9.58. The van der Waals surface area contributed by atoms with E-state index in [1.54, 1.807) is 11.6 Å². The highest BCUT2D eigenvalue weighted by atomic mass is 16.5. The topological polar surface area (TPSA) is 93.6 Å². The molecule has 1 fully saturated rings. The Labute approximate surface area is 318 Å². The van der Waals surface area contributed by atoms with Crippen LogP contribution in [0.25, 0.3) is 0 Å². The van der Waals surface area contributed by atoms with Crippen LogP contribution in [-0.4, -0.2) is 23.9 Å². The molecule has 0 saturated carbocycles. The summed E-state index contributed by atoms with van der Waals surface area (Å²) in [7, 11) is 0. The molecule has 2 heterocycles. The number of fused-ring (bicyclic) bond motifs is 8. The summed E-state index contributed by atoms with van der Waals surface area (Å²) in [5.41, 5.74) is 7.89. The van der Waals surface area contributed by atoms with Gasteiger partial charge in [-0.3, -0.25) is 0 Å². The maximum absolute atomic E-state index is 9.92. The molecule has 6 heteroatoms. The van der Waals surface area contributed by atoms with Gasteiger partial charge in [-0.2, -0.15) is 10.5 Å². The van der Waals surface area contributed by atoms with E-state index in [-0.39, 0.29) is 47.5 Å². The van der Waals surface area contributed by atoms with E-state index in [2.05, 4.69) is 121 Å². The minimum atomic E-state index is -0.221. The Morgan fingerprint density at radius 3 is 2.54 bits per heavy atom. The highest BCUT2D eigenvalue weighted by Gasteiger charge is 2.64. The Balaban J connectivity index is 1.09. The van der Waals surface area contributed by atoms with Gasteiger partial charge in [0.15, 0.2) is 5.84 Å². The summed E-state index contributed by atoms with van der Waals surface area (Å²) in [6, 6.07) is 25.6. The lowest BCUT2D eigenvalue weighted by Gasteiger charge is -2.58. The predicted molar refractivity (Wildman–Crippen MR) is 212 cm³/mol. The van der Waals surface area contributed by atoms with Crippen molar-refractivity contribution in [2.75, 3.05) is 0 Å². The summed E-state index contributed by atoms with van der Waals surface area (Å²) in [5.74, 6) is 3.19. The molecule has 0 radical (unpaired) electrons. The highest BCUT2D eigenvalue weighted by Crippen LogP contribution is 2.69. The molecule has 0 amide bonds. The van der Waals surface area contributed by atoms with Crippen LogP contribution in [0.3, 0.4) is 0 Å². The zero-order chi connectivity index (χ0) is 36.2. The third kappa shape index (κ3) is 5.38. The number of benzene rings is 2. The highest BCUT2D eigenvalue weighted by molar-refractivity contribution is 6.08. The van der Waals surface area contributed by atoms with Gasteiger partial charge in [-0.15, -0.1) is 0 Å². The Hall–Kier alpha value is -5.30. The first-order valence-corrected chi connectivity index (χ1v) is 20.0. The molecule has 0 aromatic heterocycles. The second-order valence-corrected chi connectivity index (χ2v) is 16.3. The molecule has 2 aromatic rings. The number of nitriles is 2. The molecule has 0 bridgehead atoms. The monoisotopic (exact) mass is 707 g/mol. The number of aliphatic imine (C=N–C) groups is 2. The maximum Gasteiger partial charge on any atom is 0.159 e. The fourth-order valence-corrected chi connectivity index (χ4v) is 11.4. The molecule has 1 N–H and O–H groups in total. The molecule has 1 spiro atoms. The summed E-state index contributed by atoms with van der Waals surface area (Å²) in [4.78, 5) is 10.5. The first-order chi connectivity index (χ1) is 26.6. The number of rotatable bonds is 4. The molecular weight excluding hydrogens is 663 g/mol. The fraction of sp³-hybridized carbons (Fsp3) is 0.375. The first kappa shape index (κ1) is 33.3. The standard InChI is InChI=1S/C48H45N5O/c49-28-30-23-31(29-50)25-36(24-30)34-20-22-44-42(26-34)48(40-17-9-10-18-43(40)54-44)39-16-8-7-15-37(39)38-21-19-35(27-41(38)48)47-52-45(32-11-3-1-4-12-32)51-46(53-47)33-13-5-2-6-14-33/h1-6,8-9,11-14,16-17,19,21,23-24,26,34-36,38,40-41,43-45H,7,10,15,18,20,22,25,27H2,(H,51,52,53). The second kappa shape index (κ2) is 13.5. The summed E-state index contributed by atoms with van der Waals surface area (Å²) >= 11 is 0. The summed E-state index contributed by atoms with van der Waals surface area (Å²) in [6.45, 7) is 0. The van der Waals surface area contributed by atoms with Crippen LogP contribution in [0.2, 0.25) is 0 Å². The molecule has 1 saturated heterocycles. The van der Waals surface area contributed by atoms with E-state index in [1.165, 1.54) is 11.1 Å². The van der Waals surface area contributed by atoms with Gasteiger partial charge in [0.1, 0.15) is 12.0 Å². The third-order valence-corrected chi connectivity index (χ3v) is 13.6. The van der Waals surface area contributed by atoms with Crippen molar-refractivity contribution in [1.82, 2.24) is 5.32 Å². The van der Waals surface area contributed by atoms with Crippen LogP contribution in [0.4, 0.5) is 0 Å². The molecule has 54 heavy (non-hydrogen) atoms. The number of nitrogens with one attached hydrogen (secondary N) is 1. The van der Waals surface area contributed by atoms with E-state index in [0.29, 0.717) is 29.4 Å². The van der Waals surface area contributed by atoms with Crippen LogP contribution < -0.4 is 5.32 Å². The van der Waals surface area contributed by atoms with Crippen LogP contribution in [0.15, 0.2) is 153 Å². The summed E-state index contributed by atoms with van der Waals surface area (Å²) in [5, 5.41) is 23.6. The van der Waals surface area contributed by atoms with Crippen LogP contribution in [0.5, 0.6) is 0 Å². The van der Waals surface area contributed by atoms with Gasteiger partial charge < -0.3 is 10.1 Å².